The maximum Gasteiger partial charge on any atom is 0.340 e. The number of rotatable bonds is 4. The summed E-state index contributed by atoms with van der Waals surface area (Å²) in [6, 6.07) is 5.93. The van der Waals surface area contributed by atoms with E-state index >= 15 is 0 Å². The maximum absolute atomic E-state index is 11.6. The van der Waals surface area contributed by atoms with E-state index in [1.165, 1.54) is 12.8 Å². The average molecular weight is 220 g/mol. The summed E-state index contributed by atoms with van der Waals surface area (Å²) in [5.41, 5.74) is 7.56. The van der Waals surface area contributed by atoms with Gasteiger partial charge in [0, 0.05) is 17.4 Å². The molecule has 0 aromatic heterocycles. The topological polar surface area (TPSA) is 64.3 Å². The zero-order chi connectivity index (χ0) is 11.5. The van der Waals surface area contributed by atoms with Crippen LogP contribution in [0.2, 0.25) is 0 Å². The number of anilines is 2. The third-order valence-corrected chi connectivity index (χ3v) is 2.50. The van der Waals surface area contributed by atoms with Gasteiger partial charge in [-0.1, -0.05) is 0 Å². The summed E-state index contributed by atoms with van der Waals surface area (Å²) >= 11 is 0. The minimum atomic E-state index is -0.362. The molecule has 0 heterocycles. The molecule has 0 aliphatic heterocycles. The highest BCUT2D eigenvalue weighted by atomic mass is 16.5. The van der Waals surface area contributed by atoms with Crippen LogP contribution in [-0.4, -0.2) is 18.6 Å². The lowest BCUT2D eigenvalue weighted by atomic mass is 10.1. The first kappa shape index (κ1) is 10.8. The zero-order valence-corrected chi connectivity index (χ0v) is 9.32. The van der Waals surface area contributed by atoms with E-state index in [4.69, 9.17) is 10.5 Å². The van der Waals surface area contributed by atoms with Gasteiger partial charge in [0.2, 0.25) is 0 Å². The molecular formula is C12H16N2O2. The Labute approximate surface area is 94.8 Å². The Bertz CT molecular complexity index is 400. The lowest BCUT2D eigenvalue weighted by molar-refractivity contribution is 0.0527. The number of nitrogen functional groups attached to an aromatic ring is 1. The SMILES string of the molecule is CCOC(=O)c1cc(NC2CC2)ccc1N. The summed E-state index contributed by atoms with van der Waals surface area (Å²) in [5.74, 6) is -0.362. The third-order valence-electron chi connectivity index (χ3n) is 2.50. The van der Waals surface area contributed by atoms with Crippen molar-refractivity contribution in [3.63, 3.8) is 0 Å². The number of esters is 1. The molecule has 0 spiro atoms. The normalized spacial score (nSPS) is 14.6. The highest BCUT2D eigenvalue weighted by Crippen LogP contribution is 2.26. The second-order valence-electron chi connectivity index (χ2n) is 3.94. The first-order valence-electron chi connectivity index (χ1n) is 5.54. The Morgan fingerprint density at radius 2 is 2.31 bits per heavy atom. The Hall–Kier alpha value is -1.71. The van der Waals surface area contributed by atoms with E-state index < -0.39 is 0 Å². The van der Waals surface area contributed by atoms with Crippen LogP contribution in [0.4, 0.5) is 11.4 Å². The van der Waals surface area contributed by atoms with Crippen LogP contribution in [0.3, 0.4) is 0 Å². The van der Waals surface area contributed by atoms with Crippen LogP contribution in [0.15, 0.2) is 18.2 Å². The molecule has 0 atom stereocenters. The fourth-order valence-corrected chi connectivity index (χ4v) is 1.50. The van der Waals surface area contributed by atoms with Gasteiger partial charge in [-0.15, -0.1) is 0 Å². The quantitative estimate of drug-likeness (QED) is 0.602. The number of nitrogens with one attached hydrogen (secondary N) is 1. The van der Waals surface area contributed by atoms with Crippen molar-refractivity contribution in [3.8, 4) is 0 Å². The van der Waals surface area contributed by atoms with E-state index in [0.29, 0.717) is 23.9 Å². The lowest BCUT2D eigenvalue weighted by Gasteiger charge is -2.09. The van der Waals surface area contributed by atoms with Gasteiger partial charge >= 0.3 is 5.97 Å². The van der Waals surface area contributed by atoms with E-state index in [-0.39, 0.29) is 5.97 Å². The number of carbonyl (C=O) groups is 1. The molecule has 4 heteroatoms. The number of hydrogen-bond donors (Lipinski definition) is 2. The summed E-state index contributed by atoms with van der Waals surface area (Å²) in [7, 11) is 0. The van der Waals surface area contributed by atoms with Crippen LogP contribution in [0.5, 0.6) is 0 Å². The van der Waals surface area contributed by atoms with Gasteiger partial charge in [-0.05, 0) is 38.0 Å². The van der Waals surface area contributed by atoms with Crippen LogP contribution in [0, 0.1) is 0 Å². The van der Waals surface area contributed by atoms with Crippen molar-refractivity contribution < 1.29 is 9.53 Å². The van der Waals surface area contributed by atoms with E-state index in [0.717, 1.165) is 5.69 Å². The van der Waals surface area contributed by atoms with Crippen LogP contribution >= 0.6 is 0 Å². The van der Waals surface area contributed by atoms with Crippen LogP contribution in [0.1, 0.15) is 30.1 Å². The molecule has 0 amide bonds. The molecular weight excluding hydrogens is 204 g/mol. The van der Waals surface area contributed by atoms with Gasteiger partial charge in [0.05, 0.1) is 12.2 Å². The van der Waals surface area contributed by atoms with Gasteiger partial charge in [-0.2, -0.15) is 0 Å². The molecule has 86 valence electrons. The van der Waals surface area contributed by atoms with Crippen molar-refractivity contribution in [3.05, 3.63) is 23.8 Å². The Kier molecular flexibility index (Phi) is 2.99. The number of nitrogens with two attached hydrogens (primary N) is 1. The van der Waals surface area contributed by atoms with Crippen LogP contribution < -0.4 is 11.1 Å². The van der Waals surface area contributed by atoms with Gasteiger partial charge in [-0.3, -0.25) is 0 Å². The van der Waals surface area contributed by atoms with Crippen molar-refractivity contribution in [1.29, 1.82) is 0 Å². The van der Waals surface area contributed by atoms with Crippen molar-refractivity contribution in [2.45, 2.75) is 25.8 Å². The molecule has 1 aliphatic carbocycles. The lowest BCUT2D eigenvalue weighted by Crippen LogP contribution is -2.09. The molecule has 3 N–H and O–H groups in total. The molecule has 1 saturated carbocycles. The summed E-state index contributed by atoms with van der Waals surface area (Å²) in [5, 5.41) is 3.32. The van der Waals surface area contributed by atoms with Crippen LogP contribution in [0.25, 0.3) is 0 Å². The Morgan fingerprint density at radius 1 is 1.56 bits per heavy atom. The van der Waals surface area contributed by atoms with Crippen molar-refractivity contribution in [2.24, 2.45) is 0 Å². The van der Waals surface area contributed by atoms with E-state index in [2.05, 4.69) is 5.32 Å². The zero-order valence-electron chi connectivity index (χ0n) is 9.32. The molecule has 1 aliphatic rings. The third kappa shape index (κ3) is 2.45. The number of benzene rings is 1. The number of hydrogen-bond acceptors (Lipinski definition) is 4. The summed E-state index contributed by atoms with van der Waals surface area (Å²) < 4.78 is 4.94. The summed E-state index contributed by atoms with van der Waals surface area (Å²) in [6.45, 7) is 2.14. The monoisotopic (exact) mass is 220 g/mol. The molecule has 1 aromatic rings. The van der Waals surface area contributed by atoms with Crippen molar-refractivity contribution in [1.82, 2.24) is 0 Å². The fraction of sp³-hybridized carbons (Fsp3) is 0.417. The Morgan fingerprint density at radius 3 is 2.94 bits per heavy atom. The average Bonchev–Trinajstić information content (AvgIpc) is 3.05. The number of carbonyl (C=O) groups excluding carboxylic acids is 1. The summed E-state index contributed by atoms with van der Waals surface area (Å²) in [6.07, 6.45) is 2.39. The van der Waals surface area contributed by atoms with Crippen LogP contribution in [-0.2, 0) is 4.74 Å². The minimum Gasteiger partial charge on any atom is -0.462 e. The first-order valence-corrected chi connectivity index (χ1v) is 5.54. The maximum atomic E-state index is 11.6. The number of ether oxygens (including phenoxy) is 1. The minimum absolute atomic E-state index is 0.360. The van der Waals surface area contributed by atoms with Gasteiger partial charge in [0.15, 0.2) is 0 Å². The molecule has 0 radical (unpaired) electrons. The van der Waals surface area contributed by atoms with E-state index in [9.17, 15) is 4.79 Å². The predicted molar refractivity (Wildman–Crippen MR) is 63.5 cm³/mol. The first-order chi connectivity index (χ1) is 7.70. The standard InChI is InChI=1S/C12H16N2O2/c1-2-16-12(15)10-7-9(5-6-11(10)13)14-8-3-4-8/h5-8,14H,2-4,13H2,1H3. The van der Waals surface area contributed by atoms with Crippen molar-refractivity contribution in [2.75, 3.05) is 17.7 Å². The smallest absolute Gasteiger partial charge is 0.340 e. The second-order valence-corrected chi connectivity index (χ2v) is 3.94. The molecule has 0 saturated heterocycles. The molecule has 1 aromatic carbocycles. The molecule has 0 bridgehead atoms. The Balaban J connectivity index is 2.17. The molecule has 1 fully saturated rings. The van der Waals surface area contributed by atoms with Gasteiger partial charge in [0.25, 0.3) is 0 Å². The van der Waals surface area contributed by atoms with E-state index in [1.54, 1.807) is 19.1 Å². The molecule has 4 nitrogen and oxygen atoms in total. The van der Waals surface area contributed by atoms with Gasteiger partial charge in [-0.25, -0.2) is 4.79 Å². The highest BCUT2D eigenvalue weighted by Gasteiger charge is 2.21. The van der Waals surface area contributed by atoms with Crippen molar-refractivity contribution >= 4 is 17.3 Å². The molecule has 16 heavy (non-hydrogen) atoms. The van der Waals surface area contributed by atoms with E-state index in [1.807, 2.05) is 6.07 Å². The predicted octanol–water partition coefficient (Wildman–Crippen LogP) is 2.02. The summed E-state index contributed by atoms with van der Waals surface area (Å²) in [4.78, 5) is 11.6. The highest BCUT2D eigenvalue weighted by molar-refractivity contribution is 5.96. The molecule has 0 unspecified atom stereocenters. The largest absolute Gasteiger partial charge is 0.462 e. The second kappa shape index (κ2) is 4.43. The van der Waals surface area contributed by atoms with Gasteiger partial charge in [0.1, 0.15) is 0 Å². The molecule has 2 rings (SSSR count). The van der Waals surface area contributed by atoms with Gasteiger partial charge < -0.3 is 15.8 Å². The fourth-order valence-electron chi connectivity index (χ4n) is 1.50.